The lowest BCUT2D eigenvalue weighted by Crippen LogP contribution is -2.48. The summed E-state index contributed by atoms with van der Waals surface area (Å²) in [6, 6.07) is 13.2. The summed E-state index contributed by atoms with van der Waals surface area (Å²) in [5.41, 5.74) is 2.47. The predicted octanol–water partition coefficient (Wildman–Crippen LogP) is 3.50. The molecule has 7 nitrogen and oxygen atoms in total. The minimum atomic E-state index is -0.00751. The number of rotatable bonds is 6. The van der Waals surface area contributed by atoms with Gasteiger partial charge in [-0.1, -0.05) is 17.7 Å². The maximum atomic E-state index is 13.0. The molecule has 0 bridgehead atoms. The summed E-state index contributed by atoms with van der Waals surface area (Å²) >= 11 is 6.06. The number of carbonyl (C=O) groups excluding carboxylic acids is 1. The summed E-state index contributed by atoms with van der Waals surface area (Å²) in [6.45, 7) is 3.64. The Balaban J connectivity index is 1.38. The SMILES string of the molecule is COc1ccc(OC)c(CN2CCN(C(=O)c3cnn(-c4cccc(Cl)c4)c3)CC2)c1. The molecule has 31 heavy (non-hydrogen) atoms. The van der Waals surface area contributed by atoms with E-state index in [0.717, 1.165) is 42.4 Å². The second-order valence-electron chi connectivity index (χ2n) is 7.40. The van der Waals surface area contributed by atoms with Gasteiger partial charge in [0.15, 0.2) is 0 Å². The zero-order valence-corrected chi connectivity index (χ0v) is 18.4. The van der Waals surface area contributed by atoms with E-state index >= 15 is 0 Å². The summed E-state index contributed by atoms with van der Waals surface area (Å²) in [6.07, 6.45) is 3.36. The Morgan fingerprint density at radius 2 is 1.87 bits per heavy atom. The Hall–Kier alpha value is -3.03. The smallest absolute Gasteiger partial charge is 0.257 e. The van der Waals surface area contributed by atoms with Gasteiger partial charge in [0.05, 0.1) is 31.7 Å². The Morgan fingerprint density at radius 3 is 2.58 bits per heavy atom. The number of benzene rings is 2. The highest BCUT2D eigenvalue weighted by Gasteiger charge is 2.24. The molecular weight excluding hydrogens is 416 g/mol. The number of methoxy groups -OCH3 is 2. The summed E-state index contributed by atoms with van der Waals surface area (Å²) in [7, 11) is 3.33. The van der Waals surface area contributed by atoms with Crippen molar-refractivity contribution >= 4 is 17.5 Å². The van der Waals surface area contributed by atoms with Gasteiger partial charge in [-0.2, -0.15) is 5.10 Å². The molecule has 1 saturated heterocycles. The Kier molecular flexibility index (Phi) is 6.44. The van der Waals surface area contributed by atoms with Crippen molar-refractivity contribution in [1.29, 1.82) is 0 Å². The fourth-order valence-electron chi connectivity index (χ4n) is 3.73. The van der Waals surface area contributed by atoms with Gasteiger partial charge in [-0.05, 0) is 36.4 Å². The van der Waals surface area contributed by atoms with Crippen molar-refractivity contribution in [3.8, 4) is 17.2 Å². The second kappa shape index (κ2) is 9.41. The maximum Gasteiger partial charge on any atom is 0.257 e. The average Bonchev–Trinajstić information content (AvgIpc) is 3.29. The zero-order valence-electron chi connectivity index (χ0n) is 17.6. The van der Waals surface area contributed by atoms with Crippen LogP contribution < -0.4 is 9.47 Å². The highest BCUT2D eigenvalue weighted by atomic mass is 35.5. The first-order valence-electron chi connectivity index (χ1n) is 10.1. The van der Waals surface area contributed by atoms with Gasteiger partial charge in [0.1, 0.15) is 11.5 Å². The van der Waals surface area contributed by atoms with Crippen molar-refractivity contribution in [3.05, 3.63) is 71.0 Å². The molecule has 4 rings (SSSR count). The Bertz CT molecular complexity index is 1060. The molecule has 0 unspecified atom stereocenters. The number of amides is 1. The van der Waals surface area contributed by atoms with Crippen molar-refractivity contribution in [3.63, 3.8) is 0 Å². The number of hydrogen-bond acceptors (Lipinski definition) is 5. The molecule has 1 aliphatic heterocycles. The van der Waals surface area contributed by atoms with Crippen molar-refractivity contribution in [2.24, 2.45) is 0 Å². The number of piperazine rings is 1. The lowest BCUT2D eigenvalue weighted by Gasteiger charge is -2.34. The van der Waals surface area contributed by atoms with Gasteiger partial charge in [-0.3, -0.25) is 9.69 Å². The van der Waals surface area contributed by atoms with Crippen LogP contribution >= 0.6 is 11.6 Å². The van der Waals surface area contributed by atoms with Crippen molar-refractivity contribution < 1.29 is 14.3 Å². The third-order valence-electron chi connectivity index (χ3n) is 5.44. The van der Waals surface area contributed by atoms with Gasteiger partial charge in [0.25, 0.3) is 5.91 Å². The summed E-state index contributed by atoms with van der Waals surface area (Å²) < 4.78 is 12.5. The van der Waals surface area contributed by atoms with E-state index in [0.29, 0.717) is 23.7 Å². The lowest BCUT2D eigenvalue weighted by atomic mass is 10.1. The van der Waals surface area contributed by atoms with E-state index in [-0.39, 0.29) is 5.91 Å². The quantitative estimate of drug-likeness (QED) is 0.587. The van der Waals surface area contributed by atoms with Crippen molar-refractivity contribution in [1.82, 2.24) is 19.6 Å². The molecule has 2 aromatic carbocycles. The molecule has 8 heteroatoms. The third kappa shape index (κ3) is 4.84. The van der Waals surface area contributed by atoms with E-state index in [1.54, 1.807) is 37.4 Å². The number of carbonyl (C=O) groups is 1. The highest BCUT2D eigenvalue weighted by Crippen LogP contribution is 2.26. The molecule has 0 spiro atoms. The molecule has 2 heterocycles. The van der Waals surface area contributed by atoms with Crippen LogP contribution in [0.5, 0.6) is 11.5 Å². The van der Waals surface area contributed by atoms with Crippen LogP contribution in [0.4, 0.5) is 0 Å². The van der Waals surface area contributed by atoms with Gasteiger partial charge < -0.3 is 14.4 Å². The number of ether oxygens (including phenoxy) is 2. The standard InChI is InChI=1S/C23H25ClN4O3/c1-30-21-6-7-22(31-2)17(12-21)15-26-8-10-27(11-9-26)23(29)18-14-25-28(16-18)20-5-3-4-19(24)13-20/h3-7,12-14,16H,8-11,15H2,1-2H3. The topological polar surface area (TPSA) is 59.8 Å². The average molecular weight is 441 g/mol. The molecule has 0 saturated carbocycles. The summed E-state index contributed by atoms with van der Waals surface area (Å²) in [4.78, 5) is 17.1. The number of aromatic nitrogens is 2. The van der Waals surface area contributed by atoms with Gasteiger partial charge >= 0.3 is 0 Å². The molecule has 1 aliphatic rings. The fraction of sp³-hybridized carbons (Fsp3) is 0.304. The van der Waals surface area contributed by atoms with Crippen LogP contribution in [0.1, 0.15) is 15.9 Å². The van der Waals surface area contributed by atoms with Gasteiger partial charge in [-0.15, -0.1) is 0 Å². The summed E-state index contributed by atoms with van der Waals surface area (Å²) in [5.74, 6) is 1.64. The number of hydrogen-bond donors (Lipinski definition) is 0. The van der Waals surface area contributed by atoms with Crippen LogP contribution in [0.3, 0.4) is 0 Å². The van der Waals surface area contributed by atoms with Crippen LogP contribution in [-0.4, -0.2) is 65.9 Å². The predicted molar refractivity (Wildman–Crippen MR) is 119 cm³/mol. The van der Waals surface area contributed by atoms with Crippen LogP contribution in [0.15, 0.2) is 54.9 Å². The molecule has 0 aliphatic carbocycles. The van der Waals surface area contributed by atoms with Gasteiger partial charge in [0, 0.05) is 49.5 Å². The molecule has 1 aromatic heterocycles. The van der Waals surface area contributed by atoms with E-state index in [9.17, 15) is 4.79 Å². The molecule has 0 atom stereocenters. The normalized spacial score (nSPS) is 14.5. The van der Waals surface area contributed by atoms with Crippen LogP contribution in [-0.2, 0) is 6.54 Å². The summed E-state index contributed by atoms with van der Waals surface area (Å²) in [5, 5.41) is 4.95. The van der Waals surface area contributed by atoms with Crippen LogP contribution in [0.25, 0.3) is 5.69 Å². The Labute approximate surface area is 186 Å². The molecule has 162 valence electrons. The van der Waals surface area contributed by atoms with Crippen molar-refractivity contribution in [2.45, 2.75) is 6.54 Å². The molecule has 0 radical (unpaired) electrons. The van der Waals surface area contributed by atoms with Crippen LogP contribution in [0, 0.1) is 0 Å². The van der Waals surface area contributed by atoms with E-state index in [1.165, 1.54) is 0 Å². The minimum absolute atomic E-state index is 0.00751. The third-order valence-corrected chi connectivity index (χ3v) is 5.68. The maximum absolute atomic E-state index is 13.0. The molecule has 1 fully saturated rings. The molecule has 3 aromatic rings. The van der Waals surface area contributed by atoms with Crippen LogP contribution in [0.2, 0.25) is 5.02 Å². The first-order valence-corrected chi connectivity index (χ1v) is 10.5. The molecular formula is C23H25ClN4O3. The lowest BCUT2D eigenvalue weighted by molar-refractivity contribution is 0.0627. The monoisotopic (exact) mass is 440 g/mol. The molecule has 0 N–H and O–H groups in total. The number of nitrogens with zero attached hydrogens (tertiary/aromatic N) is 4. The Morgan fingerprint density at radius 1 is 1.06 bits per heavy atom. The molecule has 1 amide bonds. The fourth-order valence-corrected chi connectivity index (χ4v) is 3.92. The van der Waals surface area contributed by atoms with Gasteiger partial charge in [0.2, 0.25) is 0 Å². The number of halogens is 1. The first kappa shape index (κ1) is 21.2. The largest absolute Gasteiger partial charge is 0.497 e. The van der Waals surface area contributed by atoms with E-state index < -0.39 is 0 Å². The van der Waals surface area contributed by atoms with E-state index in [1.807, 2.05) is 41.3 Å². The van der Waals surface area contributed by atoms with E-state index in [4.69, 9.17) is 21.1 Å². The second-order valence-corrected chi connectivity index (χ2v) is 7.84. The highest BCUT2D eigenvalue weighted by molar-refractivity contribution is 6.30. The minimum Gasteiger partial charge on any atom is -0.497 e. The first-order chi connectivity index (χ1) is 15.1. The van der Waals surface area contributed by atoms with Gasteiger partial charge in [-0.25, -0.2) is 4.68 Å². The zero-order chi connectivity index (χ0) is 21.8. The van der Waals surface area contributed by atoms with E-state index in [2.05, 4.69) is 10.00 Å². The van der Waals surface area contributed by atoms with Crippen molar-refractivity contribution in [2.75, 3.05) is 40.4 Å².